The van der Waals surface area contributed by atoms with E-state index in [0.29, 0.717) is 10.5 Å². The van der Waals surface area contributed by atoms with Crippen molar-refractivity contribution in [3.05, 3.63) is 35.5 Å². The molecule has 3 heteroatoms. The van der Waals surface area contributed by atoms with Gasteiger partial charge in [0.2, 0.25) is 0 Å². The van der Waals surface area contributed by atoms with E-state index in [1.807, 2.05) is 18.2 Å². The molecule has 0 bridgehead atoms. The summed E-state index contributed by atoms with van der Waals surface area (Å²) < 4.78 is 0. The van der Waals surface area contributed by atoms with Gasteiger partial charge in [-0.2, -0.15) is 0 Å². The first-order valence-corrected chi connectivity index (χ1v) is 2.96. The van der Waals surface area contributed by atoms with Crippen LogP contribution in [0.5, 0.6) is 0 Å². The molecule has 0 aliphatic rings. The van der Waals surface area contributed by atoms with Crippen molar-refractivity contribution in [2.75, 3.05) is 7.05 Å². The van der Waals surface area contributed by atoms with E-state index in [-0.39, 0.29) is 0 Å². The Morgan fingerprint density at radius 2 is 1.90 bits per heavy atom. The predicted molar refractivity (Wildman–Crippen MR) is 38.1 cm³/mol. The van der Waals surface area contributed by atoms with Crippen LogP contribution in [0.4, 0.5) is 5.69 Å². The van der Waals surface area contributed by atoms with E-state index in [2.05, 4.69) is 5.11 Å². The highest BCUT2D eigenvalue weighted by Gasteiger charge is 1.87. The van der Waals surface area contributed by atoms with E-state index in [1.54, 1.807) is 12.1 Å². The fourth-order valence-electron chi connectivity index (χ4n) is 0.657. The Hall–Kier alpha value is -1.38. The van der Waals surface area contributed by atoms with Gasteiger partial charge in [-0.25, -0.2) is 0 Å². The second-order valence-electron chi connectivity index (χ2n) is 1.90. The van der Waals surface area contributed by atoms with Gasteiger partial charge < -0.3 is 5.21 Å². The van der Waals surface area contributed by atoms with Crippen LogP contribution in [-0.2, 0) is 0 Å². The third-order valence-corrected chi connectivity index (χ3v) is 1.01. The smallest absolute Gasteiger partial charge is 0.171 e. The fraction of sp³-hybridized carbons (Fsp3) is 0.143. The van der Waals surface area contributed by atoms with Gasteiger partial charge in [0.1, 0.15) is 5.69 Å². The van der Waals surface area contributed by atoms with Crippen LogP contribution in [0, 0.1) is 5.21 Å². The van der Waals surface area contributed by atoms with Crippen molar-refractivity contribution in [1.82, 2.24) is 0 Å². The molecule has 0 N–H and O–H groups in total. The zero-order valence-corrected chi connectivity index (χ0v) is 5.69. The predicted octanol–water partition coefficient (Wildman–Crippen LogP) is 1.91. The highest BCUT2D eigenvalue weighted by atomic mass is 16.5. The maximum atomic E-state index is 10.4. The number of hydrogen-bond acceptors (Lipinski definition) is 2. The Morgan fingerprint density at radius 1 is 1.30 bits per heavy atom. The van der Waals surface area contributed by atoms with Crippen LogP contribution in [0.1, 0.15) is 0 Å². The normalized spacial score (nSPS) is 11.5. The Morgan fingerprint density at radius 3 is 2.40 bits per heavy atom. The van der Waals surface area contributed by atoms with Gasteiger partial charge in [0.25, 0.3) is 0 Å². The Balaban J connectivity index is 2.87. The first-order chi connectivity index (χ1) is 4.79. The molecule has 1 aromatic rings. The summed E-state index contributed by atoms with van der Waals surface area (Å²) in [4.78, 5) is 0.537. The maximum Gasteiger partial charge on any atom is 0.171 e. The van der Waals surface area contributed by atoms with Gasteiger partial charge in [0, 0.05) is 5.11 Å². The second kappa shape index (κ2) is 2.96. The standard InChI is InChI=1S/C7H8N2O/c1-9(10)8-7-5-3-2-4-6-7/h2-6H,1H3. The molecule has 0 aromatic heterocycles. The lowest BCUT2D eigenvalue weighted by Gasteiger charge is -1.90. The van der Waals surface area contributed by atoms with Gasteiger partial charge >= 0.3 is 0 Å². The van der Waals surface area contributed by atoms with E-state index in [0.717, 1.165) is 0 Å². The van der Waals surface area contributed by atoms with Crippen molar-refractivity contribution >= 4 is 5.69 Å². The largest absolute Gasteiger partial charge is 0.600 e. The number of nitrogens with zero attached hydrogens (tertiary/aromatic N) is 2. The molecule has 0 amide bonds. The second-order valence-corrected chi connectivity index (χ2v) is 1.90. The molecular weight excluding hydrogens is 128 g/mol. The summed E-state index contributed by atoms with van der Waals surface area (Å²) in [6.07, 6.45) is 0. The van der Waals surface area contributed by atoms with E-state index in [1.165, 1.54) is 7.05 Å². The third-order valence-electron chi connectivity index (χ3n) is 1.01. The molecule has 0 heterocycles. The number of rotatable bonds is 1. The average molecular weight is 136 g/mol. The molecular formula is C7H8N2O. The van der Waals surface area contributed by atoms with Crippen LogP contribution in [-0.4, -0.2) is 11.9 Å². The molecule has 0 saturated carbocycles. The van der Waals surface area contributed by atoms with Crippen LogP contribution in [0.2, 0.25) is 0 Å². The van der Waals surface area contributed by atoms with Gasteiger partial charge in [-0.05, 0) is 12.1 Å². The average Bonchev–Trinajstić information content (AvgIpc) is 1.88. The van der Waals surface area contributed by atoms with Crippen LogP contribution in [0.15, 0.2) is 35.4 Å². The van der Waals surface area contributed by atoms with E-state index in [4.69, 9.17) is 0 Å². The fourth-order valence-corrected chi connectivity index (χ4v) is 0.657. The summed E-state index contributed by atoms with van der Waals surface area (Å²) in [6, 6.07) is 9.09. The van der Waals surface area contributed by atoms with Gasteiger partial charge in [0.05, 0.1) is 0 Å². The lowest BCUT2D eigenvalue weighted by Crippen LogP contribution is -1.85. The van der Waals surface area contributed by atoms with Crippen LogP contribution in [0.25, 0.3) is 0 Å². The Kier molecular flexibility index (Phi) is 1.99. The molecule has 52 valence electrons. The minimum atomic E-state index is 0.537. The zero-order chi connectivity index (χ0) is 7.40. The summed E-state index contributed by atoms with van der Waals surface area (Å²) in [5.74, 6) is 0. The van der Waals surface area contributed by atoms with E-state index in [9.17, 15) is 5.21 Å². The number of hydroxylamine groups is 1. The Labute approximate surface area is 59.2 Å². The first-order valence-electron chi connectivity index (χ1n) is 2.96. The molecule has 0 saturated heterocycles. The van der Waals surface area contributed by atoms with Gasteiger partial charge in [-0.15, -0.1) is 0 Å². The number of benzene rings is 1. The minimum absolute atomic E-state index is 0.537. The highest BCUT2D eigenvalue weighted by molar-refractivity contribution is 5.33. The number of hydrogen-bond donors (Lipinski definition) is 0. The maximum absolute atomic E-state index is 10.4. The molecule has 0 radical (unpaired) electrons. The highest BCUT2D eigenvalue weighted by Crippen LogP contribution is 2.08. The third kappa shape index (κ3) is 1.85. The topological polar surface area (TPSA) is 38.4 Å². The molecule has 0 fully saturated rings. The van der Waals surface area contributed by atoms with Crippen molar-refractivity contribution in [3.63, 3.8) is 0 Å². The summed E-state index contributed by atoms with van der Waals surface area (Å²) in [5, 5.41) is 14.0. The lowest BCUT2D eigenvalue weighted by molar-refractivity contribution is -0.493. The SMILES string of the molecule is C[N+]([O-])=Nc1ccccc1. The monoisotopic (exact) mass is 136 g/mol. The van der Waals surface area contributed by atoms with Crippen molar-refractivity contribution in [1.29, 1.82) is 0 Å². The van der Waals surface area contributed by atoms with Crippen molar-refractivity contribution < 1.29 is 4.86 Å². The van der Waals surface area contributed by atoms with Crippen molar-refractivity contribution in [2.45, 2.75) is 0 Å². The molecule has 3 nitrogen and oxygen atoms in total. The van der Waals surface area contributed by atoms with E-state index >= 15 is 0 Å². The molecule has 0 spiro atoms. The minimum Gasteiger partial charge on any atom is -0.600 e. The van der Waals surface area contributed by atoms with Crippen LogP contribution >= 0.6 is 0 Å². The quantitative estimate of drug-likeness (QED) is 0.330. The summed E-state index contributed by atoms with van der Waals surface area (Å²) in [5.41, 5.74) is 0.681. The van der Waals surface area contributed by atoms with Crippen molar-refractivity contribution in [3.8, 4) is 0 Å². The zero-order valence-electron chi connectivity index (χ0n) is 5.69. The molecule has 0 atom stereocenters. The molecule has 1 rings (SSSR count). The van der Waals surface area contributed by atoms with Gasteiger partial charge in [-0.3, -0.25) is 0 Å². The lowest BCUT2D eigenvalue weighted by atomic mass is 10.3. The first kappa shape index (κ1) is 6.74. The van der Waals surface area contributed by atoms with E-state index < -0.39 is 0 Å². The van der Waals surface area contributed by atoms with Gasteiger partial charge in [-0.1, -0.05) is 23.1 Å². The molecule has 0 aliphatic heterocycles. The summed E-state index contributed by atoms with van der Waals surface area (Å²) in [6.45, 7) is 0. The molecule has 0 unspecified atom stereocenters. The summed E-state index contributed by atoms with van der Waals surface area (Å²) >= 11 is 0. The molecule has 1 aromatic carbocycles. The Bertz CT molecular complexity index is 227. The van der Waals surface area contributed by atoms with Crippen molar-refractivity contribution in [2.24, 2.45) is 5.11 Å². The molecule has 0 aliphatic carbocycles. The molecule has 10 heavy (non-hydrogen) atoms. The van der Waals surface area contributed by atoms with Crippen LogP contribution in [0.3, 0.4) is 0 Å². The number of azo groups is 1. The van der Waals surface area contributed by atoms with Crippen LogP contribution < -0.4 is 0 Å². The van der Waals surface area contributed by atoms with Gasteiger partial charge in [0.15, 0.2) is 7.05 Å². The summed E-state index contributed by atoms with van der Waals surface area (Å²) in [7, 11) is 1.35.